The Balaban J connectivity index is 1.47. The van der Waals surface area contributed by atoms with Crippen LogP contribution in [-0.4, -0.2) is 0 Å². The Labute approximate surface area is 235 Å². The average Bonchev–Trinajstić information content (AvgIpc) is 2.97. The molecule has 0 aromatic heterocycles. The molecule has 5 rings (SSSR count). The standard InChI is InChI=1S/C39H40/c1-5-6-7-8-9-37-27-38(35-22-18-33(19-23-35)31-14-10-28(2)11-15-31)30(4)26-39(37)36-24-20-34(21-25-36)32-16-12-29(3)13-17-32/h10-27H,5-9H2,1-4H3. The first kappa shape index (κ1) is 26.7. The maximum absolute atomic E-state index is 2.46. The summed E-state index contributed by atoms with van der Waals surface area (Å²) in [6.45, 7) is 8.82. The van der Waals surface area contributed by atoms with E-state index in [-0.39, 0.29) is 0 Å². The van der Waals surface area contributed by atoms with Crippen LogP contribution in [0.2, 0.25) is 0 Å². The normalized spacial score (nSPS) is 11.1. The number of unbranched alkanes of at least 4 members (excludes halogenated alkanes) is 3. The van der Waals surface area contributed by atoms with Gasteiger partial charge in [0.25, 0.3) is 0 Å². The van der Waals surface area contributed by atoms with E-state index in [0.717, 1.165) is 6.42 Å². The van der Waals surface area contributed by atoms with Gasteiger partial charge >= 0.3 is 0 Å². The summed E-state index contributed by atoms with van der Waals surface area (Å²) >= 11 is 0. The molecule has 0 bridgehead atoms. The van der Waals surface area contributed by atoms with Crippen LogP contribution in [0.25, 0.3) is 44.5 Å². The second-order valence-corrected chi connectivity index (χ2v) is 11.0. The summed E-state index contributed by atoms with van der Waals surface area (Å²) in [4.78, 5) is 0. The van der Waals surface area contributed by atoms with Crippen LogP contribution in [0.4, 0.5) is 0 Å². The van der Waals surface area contributed by atoms with Gasteiger partial charge in [0.15, 0.2) is 0 Å². The van der Waals surface area contributed by atoms with Gasteiger partial charge in [-0.25, -0.2) is 0 Å². The molecule has 0 saturated carbocycles. The molecule has 0 nitrogen and oxygen atoms in total. The highest BCUT2D eigenvalue weighted by Crippen LogP contribution is 2.35. The van der Waals surface area contributed by atoms with Crippen molar-refractivity contribution < 1.29 is 0 Å². The van der Waals surface area contributed by atoms with Crippen molar-refractivity contribution in [3.05, 3.63) is 131 Å². The van der Waals surface area contributed by atoms with Crippen molar-refractivity contribution >= 4 is 0 Å². The van der Waals surface area contributed by atoms with E-state index in [9.17, 15) is 0 Å². The molecule has 0 aliphatic carbocycles. The zero-order valence-electron chi connectivity index (χ0n) is 23.9. The average molecular weight is 509 g/mol. The zero-order valence-corrected chi connectivity index (χ0v) is 23.9. The van der Waals surface area contributed by atoms with Gasteiger partial charge < -0.3 is 0 Å². The predicted molar refractivity (Wildman–Crippen MR) is 170 cm³/mol. The van der Waals surface area contributed by atoms with Crippen LogP contribution in [0.3, 0.4) is 0 Å². The molecule has 0 heterocycles. The molecule has 0 N–H and O–H groups in total. The highest BCUT2D eigenvalue weighted by Gasteiger charge is 2.12. The van der Waals surface area contributed by atoms with E-state index in [1.165, 1.54) is 92.4 Å². The van der Waals surface area contributed by atoms with Crippen molar-refractivity contribution in [2.24, 2.45) is 0 Å². The van der Waals surface area contributed by atoms with E-state index in [1.54, 1.807) is 0 Å². The molecule has 0 amide bonds. The van der Waals surface area contributed by atoms with E-state index >= 15 is 0 Å². The molecule has 0 aliphatic heterocycles. The first-order valence-corrected chi connectivity index (χ1v) is 14.5. The molecule has 0 radical (unpaired) electrons. The van der Waals surface area contributed by atoms with E-state index in [1.807, 2.05) is 0 Å². The van der Waals surface area contributed by atoms with Crippen LogP contribution in [-0.2, 0) is 6.42 Å². The third-order valence-electron chi connectivity index (χ3n) is 7.91. The van der Waals surface area contributed by atoms with Gasteiger partial charge in [-0.2, -0.15) is 0 Å². The molecule has 0 aliphatic rings. The van der Waals surface area contributed by atoms with Crippen molar-refractivity contribution in [1.29, 1.82) is 0 Å². The molecule has 0 unspecified atom stereocenters. The lowest BCUT2D eigenvalue weighted by atomic mass is 9.88. The maximum atomic E-state index is 2.46. The lowest BCUT2D eigenvalue weighted by Crippen LogP contribution is -1.96. The lowest BCUT2D eigenvalue weighted by Gasteiger charge is -2.16. The molecule has 0 fully saturated rings. The molecule has 196 valence electrons. The predicted octanol–water partition coefficient (Wildman–Crippen LogP) is 11.4. The van der Waals surface area contributed by atoms with Gasteiger partial charge in [0.2, 0.25) is 0 Å². The minimum Gasteiger partial charge on any atom is -0.0654 e. The molecule has 0 spiro atoms. The van der Waals surface area contributed by atoms with Gasteiger partial charge in [0.1, 0.15) is 0 Å². The smallest absolute Gasteiger partial charge is 0.0149 e. The van der Waals surface area contributed by atoms with E-state index < -0.39 is 0 Å². The van der Waals surface area contributed by atoms with Crippen LogP contribution >= 0.6 is 0 Å². The fourth-order valence-corrected chi connectivity index (χ4v) is 5.46. The Bertz CT molecular complexity index is 1500. The summed E-state index contributed by atoms with van der Waals surface area (Å²) < 4.78 is 0. The van der Waals surface area contributed by atoms with E-state index in [4.69, 9.17) is 0 Å². The van der Waals surface area contributed by atoms with Crippen LogP contribution in [0, 0.1) is 20.8 Å². The molecule has 0 heteroatoms. The largest absolute Gasteiger partial charge is 0.0654 e. The molecule has 5 aromatic rings. The van der Waals surface area contributed by atoms with Gasteiger partial charge in [-0.3, -0.25) is 0 Å². The lowest BCUT2D eigenvalue weighted by molar-refractivity contribution is 0.667. The first-order valence-electron chi connectivity index (χ1n) is 14.5. The Kier molecular flexibility index (Phi) is 8.42. The van der Waals surface area contributed by atoms with E-state index in [0.29, 0.717) is 0 Å². The number of benzene rings is 5. The summed E-state index contributed by atoms with van der Waals surface area (Å²) in [7, 11) is 0. The van der Waals surface area contributed by atoms with Crippen molar-refractivity contribution in [3.8, 4) is 44.5 Å². The fraction of sp³-hybridized carbons (Fsp3) is 0.231. The van der Waals surface area contributed by atoms with Gasteiger partial charge in [-0.1, -0.05) is 147 Å². The highest BCUT2D eigenvalue weighted by molar-refractivity contribution is 5.79. The molecule has 0 saturated heterocycles. The van der Waals surface area contributed by atoms with Crippen LogP contribution in [0.1, 0.15) is 54.9 Å². The van der Waals surface area contributed by atoms with Crippen LogP contribution < -0.4 is 0 Å². The summed E-state index contributed by atoms with van der Waals surface area (Å²) in [5.41, 5.74) is 15.8. The summed E-state index contributed by atoms with van der Waals surface area (Å²) in [6.07, 6.45) is 6.21. The Morgan fingerprint density at radius 1 is 0.410 bits per heavy atom. The van der Waals surface area contributed by atoms with Crippen molar-refractivity contribution in [1.82, 2.24) is 0 Å². The monoisotopic (exact) mass is 508 g/mol. The quantitative estimate of drug-likeness (QED) is 0.174. The topological polar surface area (TPSA) is 0 Å². The van der Waals surface area contributed by atoms with Gasteiger partial charge in [0, 0.05) is 0 Å². The SMILES string of the molecule is CCCCCCc1cc(-c2ccc(-c3ccc(C)cc3)cc2)c(C)cc1-c1ccc(-c2ccc(C)cc2)cc1. The Morgan fingerprint density at radius 3 is 1.28 bits per heavy atom. The maximum Gasteiger partial charge on any atom is -0.0149 e. The number of rotatable bonds is 9. The number of hydrogen-bond donors (Lipinski definition) is 0. The zero-order chi connectivity index (χ0) is 27.2. The number of aryl methyl sites for hydroxylation is 4. The minimum atomic E-state index is 1.11. The molecular weight excluding hydrogens is 468 g/mol. The summed E-state index contributed by atoms with van der Waals surface area (Å²) in [6, 6.07) is 40.7. The van der Waals surface area contributed by atoms with Crippen LogP contribution in [0.15, 0.2) is 109 Å². The van der Waals surface area contributed by atoms with Crippen molar-refractivity contribution in [3.63, 3.8) is 0 Å². The Morgan fingerprint density at radius 2 is 0.821 bits per heavy atom. The Hall–Kier alpha value is -3.90. The molecule has 0 atom stereocenters. The molecule has 5 aromatic carbocycles. The van der Waals surface area contributed by atoms with Crippen molar-refractivity contribution in [2.75, 3.05) is 0 Å². The van der Waals surface area contributed by atoms with Gasteiger partial charge in [-0.15, -0.1) is 0 Å². The summed E-state index contributed by atoms with van der Waals surface area (Å²) in [5.74, 6) is 0. The van der Waals surface area contributed by atoms with E-state index in [2.05, 4.69) is 137 Å². The minimum absolute atomic E-state index is 1.11. The summed E-state index contributed by atoms with van der Waals surface area (Å²) in [5, 5.41) is 0. The molecular formula is C39H40. The molecule has 39 heavy (non-hydrogen) atoms. The highest BCUT2D eigenvalue weighted by atomic mass is 14.2. The number of hydrogen-bond acceptors (Lipinski definition) is 0. The fourth-order valence-electron chi connectivity index (χ4n) is 5.46. The van der Waals surface area contributed by atoms with Gasteiger partial charge in [0.05, 0.1) is 0 Å². The van der Waals surface area contributed by atoms with Crippen LogP contribution in [0.5, 0.6) is 0 Å². The third kappa shape index (κ3) is 6.40. The third-order valence-corrected chi connectivity index (χ3v) is 7.91. The first-order chi connectivity index (χ1) is 19.0. The van der Waals surface area contributed by atoms with Gasteiger partial charge in [-0.05, 0) is 89.2 Å². The second-order valence-electron chi connectivity index (χ2n) is 11.0. The van der Waals surface area contributed by atoms with Crippen molar-refractivity contribution in [2.45, 2.75) is 59.8 Å². The second kappa shape index (κ2) is 12.3.